The largest absolute Gasteiger partial charge is 0.338 e. The maximum absolute atomic E-state index is 9.31. The van der Waals surface area contributed by atoms with Crippen molar-refractivity contribution in [1.29, 1.82) is 5.26 Å². The van der Waals surface area contributed by atoms with E-state index in [2.05, 4.69) is 59.2 Å². The fraction of sp³-hybridized carbons (Fsp3) is 0.414. The van der Waals surface area contributed by atoms with Gasteiger partial charge in [-0.25, -0.2) is 0 Å². The zero-order valence-corrected chi connectivity index (χ0v) is 19.4. The molecule has 0 saturated heterocycles. The number of allylic oxidation sites excluding steroid dienone is 1. The summed E-state index contributed by atoms with van der Waals surface area (Å²) in [5.74, 6) is 1.36. The number of rotatable bonds is 10. The molecule has 170 valence electrons. The number of nitrogens with zero attached hydrogens (tertiary/aromatic N) is 3. The van der Waals surface area contributed by atoms with Crippen LogP contribution in [0, 0.1) is 17.2 Å². The maximum atomic E-state index is 9.31. The summed E-state index contributed by atoms with van der Waals surface area (Å²) in [6.45, 7) is 3.69. The molecule has 1 atom stereocenters. The normalized spacial score (nSPS) is 15.1. The number of benzene rings is 2. The van der Waals surface area contributed by atoms with Crippen molar-refractivity contribution in [2.24, 2.45) is 5.92 Å². The first-order valence-corrected chi connectivity index (χ1v) is 12.3. The van der Waals surface area contributed by atoms with Crippen LogP contribution in [0.2, 0.25) is 0 Å². The molecule has 33 heavy (non-hydrogen) atoms. The van der Waals surface area contributed by atoms with Crippen LogP contribution in [0.5, 0.6) is 0 Å². The molecule has 1 aromatic heterocycles. The number of aryl methyl sites for hydroxylation is 3. The quantitative estimate of drug-likeness (QED) is 0.313. The Hall–Kier alpha value is -3.19. The van der Waals surface area contributed by atoms with Crippen LogP contribution in [-0.4, -0.2) is 10.1 Å². The molecule has 0 N–H and O–H groups in total. The van der Waals surface area contributed by atoms with Gasteiger partial charge in [0.2, 0.25) is 11.7 Å². The summed E-state index contributed by atoms with van der Waals surface area (Å²) in [6, 6.07) is 19.6. The Kier molecular flexibility index (Phi) is 8.09. The van der Waals surface area contributed by atoms with Crippen LogP contribution in [0.15, 0.2) is 65.7 Å². The van der Waals surface area contributed by atoms with E-state index in [0.29, 0.717) is 18.1 Å². The molecule has 0 bridgehead atoms. The van der Waals surface area contributed by atoms with Crippen LogP contribution in [0.4, 0.5) is 0 Å². The second-order valence-electron chi connectivity index (χ2n) is 9.23. The van der Waals surface area contributed by atoms with E-state index in [1.54, 1.807) is 6.08 Å². The molecule has 1 fully saturated rings. The van der Waals surface area contributed by atoms with Gasteiger partial charge in [-0.2, -0.15) is 10.2 Å². The van der Waals surface area contributed by atoms with Gasteiger partial charge in [0.15, 0.2) is 0 Å². The molecule has 0 radical (unpaired) electrons. The molecule has 3 aromatic rings. The average molecular weight is 440 g/mol. The van der Waals surface area contributed by atoms with Crippen molar-refractivity contribution in [3.63, 3.8) is 0 Å². The highest BCUT2D eigenvalue weighted by Crippen LogP contribution is 2.28. The van der Waals surface area contributed by atoms with Crippen molar-refractivity contribution in [3.8, 4) is 17.5 Å². The van der Waals surface area contributed by atoms with Gasteiger partial charge in [-0.1, -0.05) is 85.8 Å². The Morgan fingerprint density at radius 3 is 2.42 bits per heavy atom. The second kappa shape index (κ2) is 11.6. The summed E-state index contributed by atoms with van der Waals surface area (Å²) < 4.78 is 5.34. The van der Waals surface area contributed by atoms with E-state index in [0.717, 1.165) is 24.3 Å². The van der Waals surface area contributed by atoms with Gasteiger partial charge >= 0.3 is 0 Å². The third kappa shape index (κ3) is 6.42. The van der Waals surface area contributed by atoms with Gasteiger partial charge in [-0.15, -0.1) is 6.58 Å². The van der Waals surface area contributed by atoms with Gasteiger partial charge in [0.25, 0.3) is 0 Å². The molecular formula is C29H33N3O. The van der Waals surface area contributed by atoms with Crippen LogP contribution < -0.4 is 0 Å². The van der Waals surface area contributed by atoms with Gasteiger partial charge < -0.3 is 4.52 Å². The number of hydrogen-bond donors (Lipinski definition) is 0. The zero-order valence-electron chi connectivity index (χ0n) is 19.4. The standard InChI is InChI=1S/C29H33N3O/c1-2-8-27(21-30)29-31-28(32-33-29)26-14-7-13-25(20-26)18-17-24-12-6-11-23(19-24)16-15-22-9-4-3-5-10-22/h2,6-7,11-14,19-20,22,27H,1,3-5,8-10,15-18H2. The second-order valence-corrected chi connectivity index (χ2v) is 9.23. The van der Waals surface area contributed by atoms with Gasteiger partial charge in [0.1, 0.15) is 5.92 Å². The molecule has 2 aromatic carbocycles. The van der Waals surface area contributed by atoms with Gasteiger partial charge in [-0.3, -0.25) is 0 Å². The predicted molar refractivity (Wildman–Crippen MR) is 132 cm³/mol. The Morgan fingerprint density at radius 2 is 1.70 bits per heavy atom. The van der Waals surface area contributed by atoms with E-state index in [1.807, 2.05) is 12.1 Å². The smallest absolute Gasteiger partial charge is 0.244 e. The Morgan fingerprint density at radius 1 is 1.00 bits per heavy atom. The molecule has 1 aliphatic carbocycles. The molecule has 0 spiro atoms. The lowest BCUT2D eigenvalue weighted by molar-refractivity contribution is 0.339. The van der Waals surface area contributed by atoms with E-state index < -0.39 is 5.92 Å². The molecule has 1 unspecified atom stereocenters. The zero-order chi connectivity index (χ0) is 22.9. The first kappa shape index (κ1) is 23.0. The molecule has 4 heteroatoms. The van der Waals surface area contributed by atoms with Crippen LogP contribution in [0.1, 0.15) is 73.4 Å². The minimum atomic E-state index is -0.447. The minimum Gasteiger partial charge on any atom is -0.338 e. The van der Waals surface area contributed by atoms with Crippen molar-refractivity contribution in [1.82, 2.24) is 10.1 Å². The lowest BCUT2D eigenvalue weighted by atomic mass is 9.85. The topological polar surface area (TPSA) is 62.7 Å². The van der Waals surface area contributed by atoms with Gasteiger partial charge in [0, 0.05) is 5.56 Å². The Balaban J connectivity index is 1.36. The summed E-state index contributed by atoms with van der Waals surface area (Å²) >= 11 is 0. The first-order valence-electron chi connectivity index (χ1n) is 12.3. The summed E-state index contributed by atoms with van der Waals surface area (Å²) in [4.78, 5) is 4.45. The van der Waals surface area contributed by atoms with Crippen molar-refractivity contribution in [3.05, 3.63) is 83.8 Å². The molecule has 1 heterocycles. The molecular weight excluding hydrogens is 406 g/mol. The molecule has 4 rings (SSSR count). The van der Waals surface area contributed by atoms with E-state index in [1.165, 1.54) is 61.6 Å². The third-order valence-electron chi connectivity index (χ3n) is 6.74. The van der Waals surface area contributed by atoms with Crippen LogP contribution in [0.25, 0.3) is 11.4 Å². The highest BCUT2D eigenvalue weighted by molar-refractivity contribution is 5.55. The van der Waals surface area contributed by atoms with E-state index >= 15 is 0 Å². The first-order chi connectivity index (χ1) is 16.2. The Bertz CT molecular complexity index is 1090. The van der Waals surface area contributed by atoms with Gasteiger partial charge in [0.05, 0.1) is 6.07 Å². The van der Waals surface area contributed by atoms with E-state index in [-0.39, 0.29) is 0 Å². The predicted octanol–water partition coefficient (Wildman–Crippen LogP) is 7.22. The summed E-state index contributed by atoms with van der Waals surface area (Å²) in [5, 5.41) is 13.4. The maximum Gasteiger partial charge on any atom is 0.244 e. The van der Waals surface area contributed by atoms with Gasteiger partial charge in [-0.05, 0) is 60.8 Å². The summed E-state index contributed by atoms with van der Waals surface area (Å²) in [6.07, 6.45) is 13.8. The van der Waals surface area contributed by atoms with Crippen molar-refractivity contribution >= 4 is 0 Å². The molecule has 4 nitrogen and oxygen atoms in total. The molecule has 1 saturated carbocycles. The molecule has 0 amide bonds. The summed E-state index contributed by atoms with van der Waals surface area (Å²) in [7, 11) is 0. The van der Waals surface area contributed by atoms with Crippen molar-refractivity contribution in [2.45, 2.75) is 70.1 Å². The van der Waals surface area contributed by atoms with Crippen LogP contribution in [-0.2, 0) is 19.3 Å². The van der Waals surface area contributed by atoms with Crippen LogP contribution in [0.3, 0.4) is 0 Å². The SMILES string of the molecule is C=CCC(C#N)c1nc(-c2cccc(CCc3cccc(CCC4CCCCC4)c3)c2)no1. The number of nitriles is 1. The highest BCUT2D eigenvalue weighted by atomic mass is 16.5. The monoisotopic (exact) mass is 439 g/mol. The van der Waals surface area contributed by atoms with E-state index in [4.69, 9.17) is 4.52 Å². The van der Waals surface area contributed by atoms with Crippen molar-refractivity contribution < 1.29 is 4.52 Å². The molecule has 0 aliphatic heterocycles. The van der Waals surface area contributed by atoms with E-state index in [9.17, 15) is 5.26 Å². The fourth-order valence-corrected chi connectivity index (χ4v) is 4.81. The average Bonchev–Trinajstić information content (AvgIpc) is 3.36. The minimum absolute atomic E-state index is 0.350. The number of aromatic nitrogens is 2. The highest BCUT2D eigenvalue weighted by Gasteiger charge is 2.18. The molecule has 1 aliphatic rings. The Labute approximate surface area is 197 Å². The lowest BCUT2D eigenvalue weighted by Gasteiger charge is -2.21. The summed E-state index contributed by atoms with van der Waals surface area (Å²) in [5.41, 5.74) is 5.02. The fourth-order valence-electron chi connectivity index (χ4n) is 4.81. The third-order valence-corrected chi connectivity index (χ3v) is 6.74. The van der Waals surface area contributed by atoms with Crippen molar-refractivity contribution in [2.75, 3.05) is 0 Å². The number of hydrogen-bond acceptors (Lipinski definition) is 4. The lowest BCUT2D eigenvalue weighted by Crippen LogP contribution is -2.07. The van der Waals surface area contributed by atoms with Crippen LogP contribution >= 0.6 is 0 Å².